The predicted octanol–water partition coefficient (Wildman–Crippen LogP) is 2.51. The molecule has 0 radical (unpaired) electrons. The second-order valence-electron chi connectivity index (χ2n) is 4.39. The molecular weight excluding hydrogens is 270 g/mol. The first kappa shape index (κ1) is 13.2. The Morgan fingerprint density at radius 2 is 2.00 bits per heavy atom. The first-order chi connectivity index (χ1) is 10.4. The van der Waals surface area contributed by atoms with Crippen molar-refractivity contribution in [2.24, 2.45) is 0 Å². The van der Waals surface area contributed by atoms with E-state index < -0.39 is 0 Å². The van der Waals surface area contributed by atoms with Crippen molar-refractivity contribution in [2.45, 2.75) is 13.2 Å². The van der Waals surface area contributed by atoms with Crippen molar-refractivity contribution in [3.63, 3.8) is 0 Å². The van der Waals surface area contributed by atoms with Crippen molar-refractivity contribution in [3.05, 3.63) is 60.6 Å². The summed E-state index contributed by atoms with van der Waals surface area (Å²) in [6.45, 7) is 0.881. The lowest BCUT2D eigenvalue weighted by atomic mass is 10.3. The van der Waals surface area contributed by atoms with E-state index in [1.165, 1.54) is 0 Å². The summed E-state index contributed by atoms with van der Waals surface area (Å²) in [5.41, 5.74) is 0. The third-order valence-corrected chi connectivity index (χ3v) is 3.03. The van der Waals surface area contributed by atoms with E-state index in [-0.39, 0.29) is 0 Å². The van der Waals surface area contributed by atoms with Gasteiger partial charge in [-0.3, -0.25) is 0 Å². The minimum absolute atomic E-state index is 0.307. The third kappa shape index (κ3) is 3.05. The van der Waals surface area contributed by atoms with Gasteiger partial charge in [0, 0.05) is 0 Å². The van der Waals surface area contributed by atoms with Gasteiger partial charge >= 0.3 is 0 Å². The largest absolute Gasteiger partial charge is 0.493 e. The standard InChI is InChI=1S/C15H15N3O3/c1-19-13-6-2-3-7-14(13)21-10-15-17-16-11-18(15)9-12-5-4-8-20-12/h2-8,11H,9-10H2,1H3. The Bertz CT molecular complexity index is 692. The molecule has 0 saturated heterocycles. The molecule has 0 aliphatic heterocycles. The summed E-state index contributed by atoms with van der Waals surface area (Å²) < 4.78 is 18.2. The van der Waals surface area contributed by atoms with Gasteiger partial charge in [0.1, 0.15) is 18.7 Å². The molecule has 108 valence electrons. The Morgan fingerprint density at radius 1 is 1.14 bits per heavy atom. The van der Waals surface area contributed by atoms with Crippen LogP contribution in [0.15, 0.2) is 53.4 Å². The van der Waals surface area contributed by atoms with Gasteiger partial charge in [-0.2, -0.15) is 0 Å². The second-order valence-corrected chi connectivity index (χ2v) is 4.39. The Balaban J connectivity index is 1.70. The van der Waals surface area contributed by atoms with E-state index in [0.717, 1.165) is 11.6 Å². The quantitative estimate of drug-likeness (QED) is 0.696. The van der Waals surface area contributed by atoms with E-state index in [4.69, 9.17) is 13.9 Å². The maximum atomic E-state index is 5.75. The SMILES string of the molecule is COc1ccccc1OCc1nncn1Cc1ccco1. The van der Waals surface area contributed by atoms with Gasteiger partial charge in [-0.15, -0.1) is 10.2 Å². The van der Waals surface area contributed by atoms with Gasteiger partial charge < -0.3 is 18.5 Å². The van der Waals surface area contributed by atoms with E-state index >= 15 is 0 Å². The molecule has 6 heteroatoms. The minimum Gasteiger partial charge on any atom is -0.493 e. The lowest BCUT2D eigenvalue weighted by Crippen LogP contribution is -2.07. The van der Waals surface area contributed by atoms with Crippen molar-refractivity contribution in [2.75, 3.05) is 7.11 Å². The van der Waals surface area contributed by atoms with Crippen LogP contribution in [0.25, 0.3) is 0 Å². The molecule has 0 spiro atoms. The first-order valence-corrected chi connectivity index (χ1v) is 6.51. The Morgan fingerprint density at radius 3 is 2.76 bits per heavy atom. The fourth-order valence-corrected chi connectivity index (χ4v) is 1.97. The highest BCUT2D eigenvalue weighted by Crippen LogP contribution is 2.26. The molecule has 0 unspecified atom stereocenters. The molecule has 1 aromatic carbocycles. The summed E-state index contributed by atoms with van der Waals surface area (Å²) in [5, 5.41) is 7.99. The number of methoxy groups -OCH3 is 1. The fraction of sp³-hybridized carbons (Fsp3) is 0.200. The number of hydrogen-bond acceptors (Lipinski definition) is 5. The van der Waals surface area contributed by atoms with Crippen LogP contribution >= 0.6 is 0 Å². The molecule has 3 aromatic rings. The molecule has 0 aliphatic rings. The van der Waals surface area contributed by atoms with E-state index in [1.807, 2.05) is 41.0 Å². The highest BCUT2D eigenvalue weighted by molar-refractivity contribution is 5.39. The van der Waals surface area contributed by atoms with Crippen LogP contribution in [0.1, 0.15) is 11.6 Å². The van der Waals surface area contributed by atoms with Crippen molar-refractivity contribution in [1.82, 2.24) is 14.8 Å². The summed E-state index contributed by atoms with van der Waals surface area (Å²) >= 11 is 0. The van der Waals surface area contributed by atoms with Crippen LogP contribution in [0, 0.1) is 0 Å². The number of para-hydroxylation sites is 2. The van der Waals surface area contributed by atoms with Gasteiger partial charge in [0.2, 0.25) is 0 Å². The molecule has 0 atom stereocenters. The summed E-state index contributed by atoms with van der Waals surface area (Å²) in [5.74, 6) is 2.92. The minimum atomic E-state index is 0.307. The maximum absolute atomic E-state index is 5.75. The number of nitrogens with zero attached hydrogens (tertiary/aromatic N) is 3. The van der Waals surface area contributed by atoms with Crippen LogP contribution in [-0.2, 0) is 13.2 Å². The van der Waals surface area contributed by atoms with E-state index in [2.05, 4.69) is 10.2 Å². The van der Waals surface area contributed by atoms with Crippen molar-refractivity contribution in [3.8, 4) is 11.5 Å². The molecule has 6 nitrogen and oxygen atoms in total. The lowest BCUT2D eigenvalue weighted by molar-refractivity contribution is 0.271. The molecule has 0 amide bonds. The number of ether oxygens (including phenoxy) is 2. The molecule has 0 N–H and O–H groups in total. The molecule has 2 heterocycles. The summed E-state index contributed by atoms with van der Waals surface area (Å²) in [4.78, 5) is 0. The highest BCUT2D eigenvalue weighted by atomic mass is 16.5. The molecule has 0 bridgehead atoms. The summed E-state index contributed by atoms with van der Waals surface area (Å²) in [7, 11) is 1.61. The van der Waals surface area contributed by atoms with Gasteiger partial charge in [-0.05, 0) is 24.3 Å². The zero-order valence-corrected chi connectivity index (χ0v) is 11.6. The number of aromatic nitrogens is 3. The van der Waals surface area contributed by atoms with Crippen LogP contribution < -0.4 is 9.47 Å². The molecule has 0 aliphatic carbocycles. The van der Waals surface area contributed by atoms with Gasteiger partial charge in [0.25, 0.3) is 0 Å². The van der Waals surface area contributed by atoms with E-state index in [0.29, 0.717) is 24.7 Å². The fourth-order valence-electron chi connectivity index (χ4n) is 1.97. The molecule has 0 saturated carbocycles. The number of furan rings is 1. The molecule has 3 rings (SSSR count). The molecule has 2 aromatic heterocycles. The Kier molecular flexibility index (Phi) is 3.86. The lowest BCUT2D eigenvalue weighted by Gasteiger charge is -2.10. The average Bonchev–Trinajstić information content (AvgIpc) is 3.18. The van der Waals surface area contributed by atoms with Gasteiger partial charge in [-0.1, -0.05) is 12.1 Å². The van der Waals surface area contributed by atoms with E-state index in [9.17, 15) is 0 Å². The maximum Gasteiger partial charge on any atom is 0.171 e. The molecule has 0 fully saturated rings. The van der Waals surface area contributed by atoms with Crippen LogP contribution in [0.2, 0.25) is 0 Å². The van der Waals surface area contributed by atoms with Gasteiger partial charge in [0.05, 0.1) is 19.9 Å². The highest BCUT2D eigenvalue weighted by Gasteiger charge is 2.09. The van der Waals surface area contributed by atoms with Crippen LogP contribution in [0.5, 0.6) is 11.5 Å². The van der Waals surface area contributed by atoms with Gasteiger partial charge in [-0.25, -0.2) is 0 Å². The topological polar surface area (TPSA) is 62.3 Å². The average molecular weight is 285 g/mol. The van der Waals surface area contributed by atoms with Gasteiger partial charge in [0.15, 0.2) is 17.3 Å². The normalized spacial score (nSPS) is 10.5. The summed E-state index contributed by atoms with van der Waals surface area (Å²) in [6, 6.07) is 11.3. The Labute approximate surface area is 121 Å². The smallest absolute Gasteiger partial charge is 0.171 e. The first-order valence-electron chi connectivity index (χ1n) is 6.51. The van der Waals surface area contributed by atoms with Crippen LogP contribution in [0.3, 0.4) is 0 Å². The van der Waals surface area contributed by atoms with E-state index in [1.54, 1.807) is 19.7 Å². The predicted molar refractivity (Wildman–Crippen MR) is 75.2 cm³/mol. The van der Waals surface area contributed by atoms with Crippen molar-refractivity contribution >= 4 is 0 Å². The third-order valence-electron chi connectivity index (χ3n) is 3.03. The number of hydrogen-bond donors (Lipinski definition) is 0. The zero-order chi connectivity index (χ0) is 14.5. The molecule has 21 heavy (non-hydrogen) atoms. The monoisotopic (exact) mass is 285 g/mol. The molecular formula is C15H15N3O3. The van der Waals surface area contributed by atoms with Crippen molar-refractivity contribution < 1.29 is 13.9 Å². The Hall–Kier alpha value is -2.76. The number of rotatable bonds is 6. The summed E-state index contributed by atoms with van der Waals surface area (Å²) in [6.07, 6.45) is 3.30. The zero-order valence-electron chi connectivity index (χ0n) is 11.6. The van der Waals surface area contributed by atoms with Crippen LogP contribution in [0.4, 0.5) is 0 Å². The van der Waals surface area contributed by atoms with Crippen LogP contribution in [-0.4, -0.2) is 21.9 Å². The second kappa shape index (κ2) is 6.13. The van der Waals surface area contributed by atoms with Crippen molar-refractivity contribution in [1.29, 1.82) is 0 Å². The number of benzene rings is 1.